The summed E-state index contributed by atoms with van der Waals surface area (Å²) in [6.07, 6.45) is 3.44. The van der Waals surface area contributed by atoms with E-state index in [1.54, 1.807) is 11.0 Å². The number of rotatable bonds is 6. The van der Waals surface area contributed by atoms with Gasteiger partial charge in [0.05, 0.1) is 0 Å². The molecular formula is C25H29N3OS. The van der Waals surface area contributed by atoms with Gasteiger partial charge in [0, 0.05) is 18.2 Å². The molecule has 1 aromatic heterocycles. The zero-order valence-corrected chi connectivity index (χ0v) is 19.1. The molecule has 0 saturated carbocycles. The molecule has 0 aliphatic heterocycles. The van der Waals surface area contributed by atoms with Gasteiger partial charge in [0.2, 0.25) is 5.13 Å². The molecule has 0 radical (unpaired) electrons. The highest BCUT2D eigenvalue weighted by Crippen LogP contribution is 2.31. The zero-order valence-electron chi connectivity index (χ0n) is 18.3. The zero-order chi connectivity index (χ0) is 21.7. The maximum Gasteiger partial charge on any atom is 0.252 e. The van der Waals surface area contributed by atoms with Crippen LogP contribution in [0, 0.1) is 5.92 Å². The van der Waals surface area contributed by atoms with Gasteiger partial charge in [-0.1, -0.05) is 101 Å². The van der Waals surface area contributed by atoms with Crippen molar-refractivity contribution in [1.29, 1.82) is 0 Å². The Kier molecular flexibility index (Phi) is 6.83. The van der Waals surface area contributed by atoms with Crippen LogP contribution in [0.1, 0.15) is 45.7 Å². The van der Waals surface area contributed by atoms with Crippen LogP contribution in [0.25, 0.3) is 16.6 Å². The fourth-order valence-electron chi connectivity index (χ4n) is 3.00. The van der Waals surface area contributed by atoms with Gasteiger partial charge in [-0.25, -0.2) is 0 Å². The Labute approximate surface area is 183 Å². The number of hydrogen-bond donors (Lipinski definition) is 0. The average molecular weight is 420 g/mol. The third-order valence-corrected chi connectivity index (χ3v) is 5.67. The molecule has 1 heterocycles. The number of benzene rings is 2. The minimum absolute atomic E-state index is 0.0849. The minimum Gasteiger partial charge on any atom is -0.283 e. The summed E-state index contributed by atoms with van der Waals surface area (Å²) in [5, 5.41) is 10.1. The van der Waals surface area contributed by atoms with E-state index in [4.69, 9.17) is 0 Å². The van der Waals surface area contributed by atoms with Gasteiger partial charge in [-0.3, -0.25) is 9.69 Å². The molecule has 0 saturated heterocycles. The molecule has 156 valence electrons. The summed E-state index contributed by atoms with van der Waals surface area (Å²) in [5.74, 6) is 0.232. The van der Waals surface area contributed by atoms with Crippen molar-refractivity contribution >= 4 is 28.5 Å². The van der Waals surface area contributed by atoms with Crippen molar-refractivity contribution in [2.45, 2.75) is 40.0 Å². The molecule has 0 atom stereocenters. The van der Waals surface area contributed by atoms with Crippen molar-refractivity contribution in [1.82, 2.24) is 10.2 Å². The van der Waals surface area contributed by atoms with E-state index in [0.717, 1.165) is 16.1 Å². The van der Waals surface area contributed by atoms with E-state index in [9.17, 15) is 4.79 Å². The fourth-order valence-corrected chi connectivity index (χ4v) is 3.87. The van der Waals surface area contributed by atoms with Crippen molar-refractivity contribution in [2.24, 2.45) is 5.92 Å². The summed E-state index contributed by atoms with van der Waals surface area (Å²) in [6.45, 7) is 11.4. The first-order chi connectivity index (χ1) is 14.2. The predicted molar refractivity (Wildman–Crippen MR) is 127 cm³/mol. The Morgan fingerprint density at radius 1 is 1.03 bits per heavy atom. The summed E-state index contributed by atoms with van der Waals surface area (Å²) >= 11 is 1.45. The topological polar surface area (TPSA) is 46.1 Å². The van der Waals surface area contributed by atoms with Gasteiger partial charge in [0.25, 0.3) is 5.91 Å². The van der Waals surface area contributed by atoms with Crippen LogP contribution in [0.15, 0.2) is 60.7 Å². The Hall–Kier alpha value is -2.79. The van der Waals surface area contributed by atoms with Gasteiger partial charge in [0.15, 0.2) is 0 Å². The molecule has 0 aliphatic rings. The number of amides is 1. The van der Waals surface area contributed by atoms with Crippen LogP contribution < -0.4 is 4.90 Å². The first-order valence-electron chi connectivity index (χ1n) is 10.2. The van der Waals surface area contributed by atoms with E-state index in [1.807, 2.05) is 36.4 Å². The summed E-state index contributed by atoms with van der Waals surface area (Å²) in [5.41, 5.74) is 3.39. The quantitative estimate of drug-likeness (QED) is 0.447. The van der Waals surface area contributed by atoms with Crippen molar-refractivity contribution in [3.05, 3.63) is 71.8 Å². The lowest BCUT2D eigenvalue weighted by atomic mass is 9.87. The van der Waals surface area contributed by atoms with Crippen LogP contribution in [0.4, 0.5) is 5.13 Å². The number of carbonyl (C=O) groups is 1. The Balaban J connectivity index is 1.82. The molecule has 3 rings (SSSR count). The van der Waals surface area contributed by atoms with Crippen LogP contribution in [0.3, 0.4) is 0 Å². The first-order valence-corrected chi connectivity index (χ1v) is 11.0. The summed E-state index contributed by atoms with van der Waals surface area (Å²) < 4.78 is 0. The van der Waals surface area contributed by atoms with Gasteiger partial charge < -0.3 is 0 Å². The number of aromatic nitrogens is 2. The molecule has 3 aromatic rings. The third kappa shape index (κ3) is 5.63. The standard InChI is InChI=1S/C25H29N3OS/c1-18(2)17-28(22(29)16-11-19-9-7-6-8-10-19)24-27-26-23(30-24)20-12-14-21(15-13-20)25(3,4)5/h6-16,18H,17H2,1-5H3. The summed E-state index contributed by atoms with van der Waals surface area (Å²) in [7, 11) is 0. The van der Waals surface area contributed by atoms with Crippen molar-refractivity contribution < 1.29 is 4.79 Å². The number of hydrogen-bond acceptors (Lipinski definition) is 4. The Bertz CT molecular complexity index is 999. The average Bonchev–Trinajstić information content (AvgIpc) is 3.20. The molecule has 0 unspecified atom stereocenters. The second-order valence-electron chi connectivity index (χ2n) is 8.80. The van der Waals surface area contributed by atoms with E-state index in [0.29, 0.717) is 17.6 Å². The molecule has 4 nitrogen and oxygen atoms in total. The van der Waals surface area contributed by atoms with Gasteiger partial charge in [-0.2, -0.15) is 0 Å². The smallest absolute Gasteiger partial charge is 0.252 e. The molecule has 0 bridgehead atoms. The number of anilines is 1. The molecule has 2 aromatic carbocycles. The highest BCUT2D eigenvalue weighted by atomic mass is 32.1. The Morgan fingerprint density at radius 2 is 1.70 bits per heavy atom. The lowest BCUT2D eigenvalue weighted by molar-refractivity contribution is -0.114. The Morgan fingerprint density at radius 3 is 2.30 bits per heavy atom. The summed E-state index contributed by atoms with van der Waals surface area (Å²) in [4.78, 5) is 14.6. The van der Waals surface area contributed by atoms with E-state index < -0.39 is 0 Å². The van der Waals surface area contributed by atoms with Crippen molar-refractivity contribution in [3.8, 4) is 10.6 Å². The number of carbonyl (C=O) groups excluding carboxylic acids is 1. The van der Waals surface area contributed by atoms with E-state index >= 15 is 0 Å². The first kappa shape index (κ1) is 21.9. The lowest BCUT2D eigenvalue weighted by Crippen LogP contribution is -2.32. The molecule has 0 spiro atoms. The van der Waals surface area contributed by atoms with Gasteiger partial charge in [0.1, 0.15) is 5.01 Å². The molecule has 0 aliphatic carbocycles. The SMILES string of the molecule is CC(C)CN(C(=O)C=Cc1ccccc1)c1nnc(-c2ccc(C(C)(C)C)cc2)s1. The molecule has 5 heteroatoms. The van der Waals surface area contributed by atoms with E-state index in [-0.39, 0.29) is 11.3 Å². The molecular weight excluding hydrogens is 390 g/mol. The molecule has 30 heavy (non-hydrogen) atoms. The monoisotopic (exact) mass is 419 g/mol. The molecule has 0 N–H and O–H groups in total. The number of nitrogens with zero attached hydrogens (tertiary/aromatic N) is 3. The van der Waals surface area contributed by atoms with E-state index in [1.165, 1.54) is 16.9 Å². The highest BCUT2D eigenvalue weighted by Gasteiger charge is 2.20. The molecule has 1 amide bonds. The second kappa shape index (κ2) is 9.35. The van der Waals surface area contributed by atoms with Gasteiger partial charge >= 0.3 is 0 Å². The van der Waals surface area contributed by atoms with Crippen LogP contribution in [-0.2, 0) is 10.2 Å². The van der Waals surface area contributed by atoms with Crippen LogP contribution in [-0.4, -0.2) is 22.6 Å². The third-order valence-electron chi connectivity index (χ3n) is 4.67. The predicted octanol–water partition coefficient (Wildman–Crippen LogP) is 6.21. The second-order valence-corrected chi connectivity index (χ2v) is 9.76. The van der Waals surface area contributed by atoms with Crippen LogP contribution in [0.2, 0.25) is 0 Å². The lowest BCUT2D eigenvalue weighted by Gasteiger charge is -2.19. The van der Waals surface area contributed by atoms with Crippen molar-refractivity contribution in [2.75, 3.05) is 11.4 Å². The minimum atomic E-state index is -0.0849. The van der Waals surface area contributed by atoms with Gasteiger partial charge in [-0.15, -0.1) is 10.2 Å². The largest absolute Gasteiger partial charge is 0.283 e. The van der Waals surface area contributed by atoms with Crippen LogP contribution in [0.5, 0.6) is 0 Å². The van der Waals surface area contributed by atoms with Gasteiger partial charge in [-0.05, 0) is 28.5 Å². The maximum atomic E-state index is 12.9. The fraction of sp³-hybridized carbons (Fsp3) is 0.320. The van der Waals surface area contributed by atoms with Crippen molar-refractivity contribution in [3.63, 3.8) is 0 Å². The maximum absolute atomic E-state index is 12.9. The van der Waals surface area contributed by atoms with Crippen LogP contribution >= 0.6 is 11.3 Å². The summed E-state index contributed by atoms with van der Waals surface area (Å²) in [6, 6.07) is 18.2. The molecule has 0 fully saturated rings. The van der Waals surface area contributed by atoms with E-state index in [2.05, 4.69) is 69.1 Å². The highest BCUT2D eigenvalue weighted by molar-refractivity contribution is 7.18. The normalized spacial score (nSPS) is 11.9.